The van der Waals surface area contributed by atoms with Gasteiger partial charge in [-0.3, -0.25) is 14.3 Å². The van der Waals surface area contributed by atoms with Gasteiger partial charge in [-0.2, -0.15) is 5.10 Å². The molecule has 0 aliphatic heterocycles. The number of carbonyl (C=O) groups excluding carboxylic acids is 2. The number of carbonyl (C=O) groups is 2. The molecule has 0 spiro atoms. The molecule has 0 aromatic carbocycles. The Hall–Kier alpha value is -1.99. The van der Waals surface area contributed by atoms with Crippen LogP contribution in [-0.4, -0.2) is 34.7 Å². The molecule has 1 aromatic heterocycles. The van der Waals surface area contributed by atoms with Crippen molar-refractivity contribution in [2.75, 3.05) is 12.4 Å². The third kappa shape index (κ3) is 4.24. The van der Waals surface area contributed by atoms with Crippen molar-refractivity contribution in [2.24, 2.45) is 5.92 Å². The van der Waals surface area contributed by atoms with Gasteiger partial charge in [0.2, 0.25) is 11.8 Å². The van der Waals surface area contributed by atoms with Gasteiger partial charge in [-0.25, -0.2) is 8.78 Å². The first-order chi connectivity index (χ1) is 9.89. The number of amides is 1. The van der Waals surface area contributed by atoms with Gasteiger partial charge in [0.05, 0.1) is 19.0 Å². The number of nitrogens with one attached hydrogen (secondary N) is 1. The van der Waals surface area contributed by atoms with E-state index in [0.29, 0.717) is 5.69 Å². The maximum Gasteiger partial charge on any atom is 0.327 e. The Kier molecular flexibility index (Phi) is 4.54. The van der Waals surface area contributed by atoms with Gasteiger partial charge in [0.15, 0.2) is 0 Å². The maximum absolute atomic E-state index is 13.0. The van der Waals surface area contributed by atoms with E-state index in [1.807, 2.05) is 0 Å². The van der Waals surface area contributed by atoms with E-state index >= 15 is 0 Å². The van der Waals surface area contributed by atoms with Crippen molar-refractivity contribution in [3.05, 3.63) is 12.4 Å². The molecule has 0 atom stereocenters. The summed E-state index contributed by atoms with van der Waals surface area (Å²) in [5.41, 5.74) is 0.432. The molecule has 0 saturated heterocycles. The highest BCUT2D eigenvalue weighted by atomic mass is 19.3. The molecule has 8 heteroatoms. The predicted molar refractivity (Wildman–Crippen MR) is 69.8 cm³/mol. The Labute approximate surface area is 120 Å². The number of esters is 1. The zero-order chi connectivity index (χ0) is 15.5. The van der Waals surface area contributed by atoms with Gasteiger partial charge in [0, 0.05) is 25.0 Å². The van der Waals surface area contributed by atoms with Gasteiger partial charge in [0.25, 0.3) is 0 Å². The second kappa shape index (κ2) is 6.19. The number of rotatable bonds is 4. The van der Waals surface area contributed by atoms with Gasteiger partial charge in [-0.15, -0.1) is 0 Å². The fraction of sp³-hybridized carbons (Fsp3) is 0.615. The number of nitrogens with zero attached hydrogens (tertiary/aromatic N) is 2. The largest absolute Gasteiger partial charge is 0.468 e. The molecule has 1 aliphatic carbocycles. The van der Waals surface area contributed by atoms with Crippen LogP contribution in [0.5, 0.6) is 0 Å². The first-order valence-electron chi connectivity index (χ1n) is 6.67. The van der Waals surface area contributed by atoms with Crippen molar-refractivity contribution in [3.8, 4) is 0 Å². The fourth-order valence-electron chi connectivity index (χ4n) is 2.26. The van der Waals surface area contributed by atoms with Crippen LogP contribution in [-0.2, 0) is 20.9 Å². The molecule has 1 heterocycles. The summed E-state index contributed by atoms with van der Waals surface area (Å²) in [6.45, 7) is -0.0536. The van der Waals surface area contributed by atoms with Gasteiger partial charge in [-0.1, -0.05) is 0 Å². The second-order valence-corrected chi connectivity index (χ2v) is 5.12. The van der Waals surface area contributed by atoms with Gasteiger partial charge < -0.3 is 10.1 Å². The summed E-state index contributed by atoms with van der Waals surface area (Å²) in [4.78, 5) is 23.1. The molecule has 0 bridgehead atoms. The third-order valence-corrected chi connectivity index (χ3v) is 3.51. The molecule has 0 radical (unpaired) electrons. The van der Waals surface area contributed by atoms with Crippen molar-refractivity contribution >= 4 is 17.6 Å². The topological polar surface area (TPSA) is 73.2 Å². The number of hydrogen-bond acceptors (Lipinski definition) is 4. The molecule has 1 N–H and O–H groups in total. The lowest BCUT2D eigenvalue weighted by atomic mass is 9.86. The summed E-state index contributed by atoms with van der Waals surface area (Å²) in [6.07, 6.45) is 2.73. The average Bonchev–Trinajstić information content (AvgIpc) is 2.85. The number of hydrogen-bond donors (Lipinski definition) is 1. The average molecular weight is 301 g/mol. The molecule has 1 aliphatic rings. The van der Waals surface area contributed by atoms with Crippen LogP contribution in [0.2, 0.25) is 0 Å². The molecule has 1 aromatic rings. The number of aromatic nitrogens is 2. The van der Waals surface area contributed by atoms with Gasteiger partial charge >= 0.3 is 5.97 Å². The highest BCUT2D eigenvalue weighted by Crippen LogP contribution is 2.36. The minimum absolute atomic E-state index is 0.0536. The van der Waals surface area contributed by atoms with Gasteiger partial charge in [0.1, 0.15) is 6.54 Å². The Morgan fingerprint density at radius 2 is 2.14 bits per heavy atom. The van der Waals surface area contributed by atoms with Crippen molar-refractivity contribution in [1.82, 2.24) is 9.78 Å². The summed E-state index contributed by atoms with van der Waals surface area (Å²) in [5, 5.41) is 6.54. The van der Waals surface area contributed by atoms with E-state index in [1.54, 1.807) is 0 Å². The molecule has 1 amide bonds. The molecule has 21 heavy (non-hydrogen) atoms. The summed E-state index contributed by atoms with van der Waals surface area (Å²) in [7, 11) is 1.27. The normalized spacial score (nSPS) is 18.2. The molecule has 0 unspecified atom stereocenters. The summed E-state index contributed by atoms with van der Waals surface area (Å²) < 4.78 is 31.9. The fourth-order valence-corrected chi connectivity index (χ4v) is 2.26. The van der Waals surface area contributed by atoms with Crippen molar-refractivity contribution in [1.29, 1.82) is 0 Å². The van der Waals surface area contributed by atoms with E-state index in [2.05, 4.69) is 15.2 Å². The predicted octanol–water partition coefficient (Wildman–Crippen LogP) is 1.82. The lowest BCUT2D eigenvalue weighted by Gasteiger charge is -2.27. The Bertz CT molecular complexity index is 520. The van der Waals surface area contributed by atoms with Crippen LogP contribution in [0.25, 0.3) is 0 Å². The molecule has 1 saturated carbocycles. The smallest absolute Gasteiger partial charge is 0.327 e. The lowest BCUT2D eigenvalue weighted by molar-refractivity contribution is -0.141. The Balaban J connectivity index is 1.87. The molecule has 6 nitrogen and oxygen atoms in total. The van der Waals surface area contributed by atoms with Crippen LogP contribution in [0.15, 0.2) is 12.4 Å². The Morgan fingerprint density at radius 3 is 2.76 bits per heavy atom. The minimum Gasteiger partial charge on any atom is -0.468 e. The second-order valence-electron chi connectivity index (χ2n) is 5.12. The van der Waals surface area contributed by atoms with Crippen molar-refractivity contribution < 1.29 is 23.1 Å². The van der Waals surface area contributed by atoms with E-state index < -0.39 is 17.8 Å². The van der Waals surface area contributed by atoms with E-state index in [0.717, 1.165) is 0 Å². The molecular weight excluding hydrogens is 284 g/mol. The molecule has 1 fully saturated rings. The van der Waals surface area contributed by atoms with E-state index in [-0.39, 0.29) is 38.1 Å². The van der Waals surface area contributed by atoms with E-state index in [1.165, 1.54) is 24.2 Å². The molecule has 116 valence electrons. The van der Waals surface area contributed by atoms with Gasteiger partial charge in [-0.05, 0) is 12.8 Å². The van der Waals surface area contributed by atoms with Crippen LogP contribution in [0, 0.1) is 5.92 Å². The molecular formula is C13H17F2N3O3. The highest BCUT2D eigenvalue weighted by molar-refractivity contribution is 5.92. The van der Waals surface area contributed by atoms with Crippen molar-refractivity contribution in [3.63, 3.8) is 0 Å². The number of halogens is 2. The SMILES string of the molecule is COC(=O)Cn1cc(NC(=O)C2CCC(F)(F)CC2)cn1. The van der Waals surface area contributed by atoms with Crippen LogP contribution in [0.4, 0.5) is 14.5 Å². The lowest BCUT2D eigenvalue weighted by Crippen LogP contribution is -2.31. The maximum atomic E-state index is 13.0. The third-order valence-electron chi connectivity index (χ3n) is 3.51. The summed E-state index contributed by atoms with van der Waals surface area (Å²) in [5.74, 6) is -3.80. The summed E-state index contributed by atoms with van der Waals surface area (Å²) in [6, 6.07) is 0. The van der Waals surface area contributed by atoms with Crippen LogP contribution in [0.3, 0.4) is 0 Å². The minimum atomic E-state index is -2.65. The zero-order valence-corrected chi connectivity index (χ0v) is 11.6. The van der Waals surface area contributed by atoms with E-state index in [4.69, 9.17) is 0 Å². The highest BCUT2D eigenvalue weighted by Gasteiger charge is 2.37. The first kappa shape index (κ1) is 15.4. The van der Waals surface area contributed by atoms with Crippen molar-refractivity contribution in [2.45, 2.75) is 38.2 Å². The van der Waals surface area contributed by atoms with E-state index in [9.17, 15) is 18.4 Å². The molecule has 2 rings (SSSR count). The Morgan fingerprint density at radius 1 is 1.48 bits per heavy atom. The van der Waals surface area contributed by atoms with Crippen LogP contribution in [0.1, 0.15) is 25.7 Å². The standard InChI is InChI=1S/C13H17F2N3O3/c1-21-11(19)8-18-7-10(6-16-18)17-12(20)9-2-4-13(14,15)5-3-9/h6-7,9H,2-5,8H2,1H3,(H,17,20). The summed E-state index contributed by atoms with van der Waals surface area (Å²) >= 11 is 0. The quantitative estimate of drug-likeness (QED) is 0.861. The number of alkyl halides is 2. The van der Waals surface area contributed by atoms with Crippen LogP contribution < -0.4 is 5.32 Å². The number of ether oxygens (including phenoxy) is 1. The number of anilines is 1. The monoisotopic (exact) mass is 301 g/mol. The zero-order valence-electron chi connectivity index (χ0n) is 11.6. The first-order valence-corrected chi connectivity index (χ1v) is 6.67. The van der Waals surface area contributed by atoms with Crippen LogP contribution >= 0.6 is 0 Å². The number of methoxy groups -OCH3 is 1.